The summed E-state index contributed by atoms with van der Waals surface area (Å²) in [6.45, 7) is 0. The smallest absolute Gasteiger partial charge is 0.258 e. The molecule has 3 aromatic rings. The number of thiophene rings is 1. The maximum absolute atomic E-state index is 12.9. The molecule has 1 aliphatic rings. The quantitative estimate of drug-likeness (QED) is 0.748. The first-order valence-electron chi connectivity index (χ1n) is 8.81. The predicted molar refractivity (Wildman–Crippen MR) is 101 cm³/mol. The fourth-order valence-electron chi connectivity index (χ4n) is 3.51. The van der Waals surface area contributed by atoms with Crippen LogP contribution in [0, 0.1) is 11.3 Å². The second kappa shape index (κ2) is 6.89. The number of hydrogen-bond acceptors (Lipinski definition) is 5. The van der Waals surface area contributed by atoms with Crippen molar-refractivity contribution >= 4 is 33.4 Å². The highest BCUT2D eigenvalue weighted by atomic mass is 32.1. The Kier molecular flexibility index (Phi) is 4.43. The average molecular weight is 365 g/mol. The topological polar surface area (TPSA) is 83.6 Å². The van der Waals surface area contributed by atoms with Crippen molar-refractivity contribution in [2.24, 2.45) is 7.05 Å². The van der Waals surface area contributed by atoms with Crippen LogP contribution in [0.5, 0.6) is 0 Å². The van der Waals surface area contributed by atoms with E-state index in [-0.39, 0.29) is 5.91 Å². The summed E-state index contributed by atoms with van der Waals surface area (Å²) in [4.78, 5) is 22.7. The molecule has 4 rings (SSSR count). The maximum atomic E-state index is 12.9. The molecule has 1 aliphatic carbocycles. The second-order valence-corrected chi connectivity index (χ2v) is 7.68. The van der Waals surface area contributed by atoms with Gasteiger partial charge >= 0.3 is 0 Å². The van der Waals surface area contributed by atoms with Crippen LogP contribution in [0.25, 0.3) is 11.2 Å². The molecule has 0 fully saturated rings. The predicted octanol–water partition coefficient (Wildman–Crippen LogP) is 3.81. The van der Waals surface area contributed by atoms with Gasteiger partial charge in [-0.05, 0) is 37.3 Å². The average Bonchev–Trinajstić information content (AvgIpc) is 3.15. The minimum Gasteiger partial charge on any atom is -0.318 e. The van der Waals surface area contributed by atoms with E-state index in [0.717, 1.165) is 31.2 Å². The summed E-state index contributed by atoms with van der Waals surface area (Å²) in [5, 5.41) is 13.3. The molecule has 132 valence electrons. The van der Waals surface area contributed by atoms with E-state index in [0.29, 0.717) is 27.3 Å². The molecular weight excluding hydrogens is 346 g/mol. The number of nitrogens with one attached hydrogen (secondary N) is 1. The minimum atomic E-state index is -0.248. The Hall–Kier alpha value is -2.72. The van der Waals surface area contributed by atoms with Crippen LogP contribution in [0.3, 0.4) is 0 Å². The number of hydrogen-bond donors (Lipinski definition) is 1. The van der Waals surface area contributed by atoms with Crippen molar-refractivity contribution in [3.05, 3.63) is 40.2 Å². The molecular formula is C19H19N5OS. The third kappa shape index (κ3) is 2.86. The molecule has 6 nitrogen and oxygen atoms in total. The molecule has 1 amide bonds. The third-order valence-corrected chi connectivity index (χ3v) is 6.06. The van der Waals surface area contributed by atoms with Crippen LogP contribution >= 0.6 is 11.3 Å². The van der Waals surface area contributed by atoms with Crippen molar-refractivity contribution in [3.63, 3.8) is 0 Å². The Morgan fingerprint density at radius 3 is 2.88 bits per heavy atom. The van der Waals surface area contributed by atoms with Gasteiger partial charge in [-0.3, -0.25) is 4.79 Å². The van der Waals surface area contributed by atoms with E-state index < -0.39 is 0 Å². The van der Waals surface area contributed by atoms with Crippen LogP contribution < -0.4 is 5.32 Å². The summed E-state index contributed by atoms with van der Waals surface area (Å²) >= 11 is 1.55. The van der Waals surface area contributed by atoms with Crippen molar-refractivity contribution in [1.82, 2.24) is 14.5 Å². The summed E-state index contributed by atoms with van der Waals surface area (Å²) in [6, 6.07) is 3.98. The van der Waals surface area contributed by atoms with Crippen molar-refractivity contribution in [1.29, 1.82) is 5.26 Å². The number of fused-ring (bicyclic) bond motifs is 2. The molecule has 0 aromatic carbocycles. The standard InChI is InChI=1S/C19H19N5OS/c1-24-11-22-16-13(8-9-21-17(16)24)18(25)23-19-14(10-20)12-6-4-2-3-5-7-15(12)26-19/h8-9,11H,2-7H2,1H3,(H,23,25). The number of anilines is 1. The van der Waals surface area contributed by atoms with Gasteiger partial charge < -0.3 is 9.88 Å². The van der Waals surface area contributed by atoms with Crippen LogP contribution in [-0.2, 0) is 19.9 Å². The number of aromatic nitrogens is 3. The molecule has 26 heavy (non-hydrogen) atoms. The highest BCUT2D eigenvalue weighted by molar-refractivity contribution is 7.16. The highest BCUT2D eigenvalue weighted by Gasteiger charge is 2.22. The Labute approximate surface area is 155 Å². The van der Waals surface area contributed by atoms with Crippen molar-refractivity contribution in [2.75, 3.05) is 5.32 Å². The van der Waals surface area contributed by atoms with Crippen LogP contribution in [0.15, 0.2) is 18.6 Å². The van der Waals surface area contributed by atoms with Gasteiger partial charge in [0.05, 0.1) is 17.5 Å². The summed E-state index contributed by atoms with van der Waals surface area (Å²) in [5.41, 5.74) is 3.47. The molecule has 3 aromatic heterocycles. The van der Waals surface area contributed by atoms with E-state index in [2.05, 4.69) is 21.4 Å². The number of imidazole rings is 1. The van der Waals surface area contributed by atoms with Gasteiger partial charge in [0.1, 0.15) is 16.6 Å². The van der Waals surface area contributed by atoms with Gasteiger partial charge in [0.25, 0.3) is 5.91 Å². The first-order chi connectivity index (χ1) is 12.7. The number of carbonyl (C=O) groups excluding carboxylic acids is 1. The van der Waals surface area contributed by atoms with Gasteiger partial charge in [0, 0.05) is 18.1 Å². The first kappa shape index (κ1) is 16.7. The molecule has 0 aliphatic heterocycles. The van der Waals surface area contributed by atoms with Gasteiger partial charge in [0.2, 0.25) is 0 Å². The third-order valence-electron chi connectivity index (χ3n) is 4.85. The van der Waals surface area contributed by atoms with Crippen LogP contribution in [0.4, 0.5) is 5.00 Å². The zero-order chi connectivity index (χ0) is 18.1. The summed E-state index contributed by atoms with van der Waals surface area (Å²) in [5.74, 6) is -0.248. The Morgan fingerprint density at radius 2 is 2.08 bits per heavy atom. The molecule has 0 spiro atoms. The van der Waals surface area contributed by atoms with E-state index >= 15 is 0 Å². The molecule has 0 bridgehead atoms. The van der Waals surface area contributed by atoms with Gasteiger partial charge in [-0.15, -0.1) is 11.3 Å². The largest absolute Gasteiger partial charge is 0.318 e. The zero-order valence-electron chi connectivity index (χ0n) is 14.6. The van der Waals surface area contributed by atoms with Crippen LogP contribution in [0.2, 0.25) is 0 Å². The molecule has 0 saturated heterocycles. The van der Waals surface area contributed by atoms with Gasteiger partial charge in [-0.2, -0.15) is 5.26 Å². The lowest BCUT2D eigenvalue weighted by molar-refractivity contribution is 0.102. The SMILES string of the molecule is Cn1cnc2c(C(=O)Nc3sc4c(c3C#N)CCCCCC4)ccnc21. The Balaban J connectivity index is 1.69. The molecule has 1 N–H and O–H groups in total. The second-order valence-electron chi connectivity index (χ2n) is 6.57. The summed E-state index contributed by atoms with van der Waals surface area (Å²) < 4.78 is 1.78. The molecule has 0 radical (unpaired) electrons. The van der Waals surface area contributed by atoms with Gasteiger partial charge in [-0.25, -0.2) is 9.97 Å². The summed E-state index contributed by atoms with van der Waals surface area (Å²) in [6.07, 6.45) is 9.85. The molecule has 7 heteroatoms. The molecule has 0 unspecified atom stereocenters. The highest BCUT2D eigenvalue weighted by Crippen LogP contribution is 2.36. The fraction of sp³-hybridized carbons (Fsp3) is 0.368. The van der Waals surface area contributed by atoms with Gasteiger partial charge in [0.15, 0.2) is 5.65 Å². The lowest BCUT2D eigenvalue weighted by Gasteiger charge is -2.08. The Morgan fingerprint density at radius 1 is 1.27 bits per heavy atom. The maximum Gasteiger partial charge on any atom is 0.258 e. The lowest BCUT2D eigenvalue weighted by Crippen LogP contribution is -2.13. The van der Waals surface area contributed by atoms with Crippen LogP contribution in [0.1, 0.15) is 52.0 Å². The van der Waals surface area contributed by atoms with E-state index in [1.807, 2.05) is 7.05 Å². The van der Waals surface area contributed by atoms with Crippen molar-refractivity contribution < 1.29 is 4.79 Å². The number of nitrogens with zero attached hydrogens (tertiary/aromatic N) is 4. The van der Waals surface area contributed by atoms with Crippen LogP contribution in [-0.4, -0.2) is 20.4 Å². The molecule has 3 heterocycles. The van der Waals surface area contributed by atoms with E-state index in [1.54, 1.807) is 34.5 Å². The van der Waals surface area contributed by atoms with E-state index in [1.165, 1.54) is 17.7 Å². The first-order valence-corrected chi connectivity index (χ1v) is 9.62. The fourth-order valence-corrected chi connectivity index (χ4v) is 4.74. The lowest BCUT2D eigenvalue weighted by atomic mass is 9.97. The molecule has 0 saturated carbocycles. The number of carbonyl (C=O) groups is 1. The monoisotopic (exact) mass is 365 g/mol. The Bertz CT molecular complexity index is 1030. The van der Waals surface area contributed by atoms with E-state index in [4.69, 9.17) is 0 Å². The number of aryl methyl sites for hydroxylation is 2. The van der Waals surface area contributed by atoms with Gasteiger partial charge in [-0.1, -0.05) is 12.8 Å². The number of amides is 1. The van der Waals surface area contributed by atoms with Crippen molar-refractivity contribution in [2.45, 2.75) is 38.5 Å². The zero-order valence-corrected chi connectivity index (χ0v) is 15.4. The normalized spacial score (nSPS) is 14.3. The molecule has 0 atom stereocenters. The number of nitriles is 1. The van der Waals surface area contributed by atoms with Crippen molar-refractivity contribution in [3.8, 4) is 6.07 Å². The number of pyridine rings is 1. The number of rotatable bonds is 2. The minimum absolute atomic E-state index is 0.248. The summed E-state index contributed by atoms with van der Waals surface area (Å²) in [7, 11) is 1.84. The van der Waals surface area contributed by atoms with E-state index in [9.17, 15) is 10.1 Å².